The number of aryl methyl sites for hydroxylation is 1. The quantitative estimate of drug-likeness (QED) is 0.697. The molecular formula is C10H14FNO. The molecule has 0 saturated heterocycles. The van der Waals surface area contributed by atoms with Crippen LogP contribution in [0.4, 0.5) is 4.39 Å². The smallest absolute Gasteiger partial charge is 0.108 e. The average Bonchev–Trinajstić information content (AvgIpc) is 2.46. The minimum atomic E-state index is -0.257. The van der Waals surface area contributed by atoms with Crippen LogP contribution >= 0.6 is 0 Å². The zero-order valence-electron chi connectivity index (χ0n) is 7.63. The lowest BCUT2D eigenvalue weighted by Gasteiger charge is -2.17. The number of hydrogen-bond donors (Lipinski definition) is 0. The normalized spacial score (nSPS) is 18.2. The summed E-state index contributed by atoms with van der Waals surface area (Å²) in [4.78, 5) is 2.14. The molecule has 0 radical (unpaired) electrons. The van der Waals surface area contributed by atoms with Gasteiger partial charge in [-0.25, -0.2) is 4.39 Å². The van der Waals surface area contributed by atoms with Gasteiger partial charge in [0.15, 0.2) is 0 Å². The molecule has 1 aliphatic heterocycles. The molecule has 2 nitrogen and oxygen atoms in total. The molecule has 0 saturated carbocycles. The first-order chi connectivity index (χ1) is 6.40. The van der Waals surface area contributed by atoms with Crippen LogP contribution in [0.5, 0.6) is 0 Å². The Morgan fingerprint density at radius 3 is 3.31 bits per heavy atom. The number of fused-ring (bicyclic) bond motifs is 1. The molecule has 1 aromatic rings. The van der Waals surface area contributed by atoms with E-state index in [1.807, 2.05) is 6.07 Å². The van der Waals surface area contributed by atoms with Gasteiger partial charge in [0, 0.05) is 25.1 Å². The predicted octanol–water partition coefficient (Wildman–Crippen LogP) is 2.00. The molecule has 1 aromatic heterocycles. The van der Waals surface area contributed by atoms with E-state index in [-0.39, 0.29) is 6.67 Å². The zero-order chi connectivity index (χ0) is 9.10. The predicted molar refractivity (Wildman–Crippen MR) is 48.3 cm³/mol. The summed E-state index contributed by atoms with van der Waals surface area (Å²) < 4.78 is 17.5. The highest BCUT2D eigenvalue weighted by Crippen LogP contribution is 2.19. The third-order valence-corrected chi connectivity index (χ3v) is 2.51. The van der Waals surface area contributed by atoms with E-state index in [4.69, 9.17) is 4.42 Å². The van der Waals surface area contributed by atoms with Crippen LogP contribution in [0.1, 0.15) is 17.7 Å². The van der Waals surface area contributed by atoms with E-state index in [9.17, 15) is 4.39 Å². The number of rotatable bonds is 2. The minimum Gasteiger partial charge on any atom is -0.469 e. The summed E-state index contributed by atoms with van der Waals surface area (Å²) in [6, 6.07) is 1.99. The highest BCUT2D eigenvalue weighted by molar-refractivity contribution is 5.18. The van der Waals surface area contributed by atoms with Gasteiger partial charge < -0.3 is 4.42 Å². The van der Waals surface area contributed by atoms with Crippen LogP contribution in [0.25, 0.3) is 0 Å². The van der Waals surface area contributed by atoms with Crippen LogP contribution in [-0.4, -0.2) is 24.7 Å². The fraction of sp³-hybridized carbons (Fsp3) is 0.600. The molecule has 0 aliphatic carbocycles. The standard InChI is InChI=1S/C10H14FNO/c11-4-6-12-5-1-2-10-9(8-12)3-7-13-10/h3,7H,1-2,4-6,8H2. The number of nitrogens with zero attached hydrogens (tertiary/aromatic N) is 1. The van der Waals surface area contributed by atoms with Crippen molar-refractivity contribution in [2.24, 2.45) is 0 Å². The topological polar surface area (TPSA) is 16.4 Å². The number of furan rings is 1. The molecule has 13 heavy (non-hydrogen) atoms. The summed E-state index contributed by atoms with van der Waals surface area (Å²) in [6.07, 6.45) is 3.79. The van der Waals surface area contributed by atoms with Gasteiger partial charge in [-0.15, -0.1) is 0 Å². The van der Waals surface area contributed by atoms with E-state index in [0.717, 1.165) is 31.7 Å². The van der Waals surface area contributed by atoms with E-state index >= 15 is 0 Å². The van der Waals surface area contributed by atoms with Crippen molar-refractivity contribution < 1.29 is 8.81 Å². The van der Waals surface area contributed by atoms with Crippen molar-refractivity contribution in [2.45, 2.75) is 19.4 Å². The number of alkyl halides is 1. The summed E-state index contributed by atoms with van der Waals surface area (Å²) in [7, 11) is 0. The molecule has 0 bridgehead atoms. The second kappa shape index (κ2) is 3.92. The average molecular weight is 183 g/mol. The van der Waals surface area contributed by atoms with Gasteiger partial charge in [0.1, 0.15) is 12.4 Å². The van der Waals surface area contributed by atoms with Gasteiger partial charge in [0.2, 0.25) is 0 Å². The Bertz CT molecular complexity index is 272. The summed E-state index contributed by atoms with van der Waals surface area (Å²) in [6.45, 7) is 2.11. The van der Waals surface area contributed by atoms with E-state index in [2.05, 4.69) is 4.90 Å². The Hall–Kier alpha value is -0.830. The lowest BCUT2D eigenvalue weighted by atomic mass is 10.2. The van der Waals surface area contributed by atoms with Crippen LogP contribution in [0, 0.1) is 0 Å². The number of halogens is 1. The molecule has 3 heteroatoms. The first kappa shape index (κ1) is 8.75. The maximum Gasteiger partial charge on any atom is 0.108 e. The molecule has 0 atom stereocenters. The summed E-state index contributed by atoms with van der Waals surface area (Å²) in [5.74, 6) is 1.08. The molecule has 72 valence electrons. The van der Waals surface area contributed by atoms with E-state index in [1.165, 1.54) is 5.56 Å². The first-order valence-corrected chi connectivity index (χ1v) is 4.73. The maximum absolute atomic E-state index is 12.1. The van der Waals surface area contributed by atoms with Crippen molar-refractivity contribution in [3.05, 3.63) is 23.7 Å². The third-order valence-electron chi connectivity index (χ3n) is 2.51. The van der Waals surface area contributed by atoms with Crippen molar-refractivity contribution in [1.29, 1.82) is 0 Å². The van der Waals surface area contributed by atoms with E-state index in [1.54, 1.807) is 6.26 Å². The zero-order valence-corrected chi connectivity index (χ0v) is 7.63. The molecule has 0 N–H and O–H groups in total. The lowest BCUT2D eigenvalue weighted by Crippen LogP contribution is -2.25. The fourth-order valence-corrected chi connectivity index (χ4v) is 1.82. The molecule has 0 amide bonds. The van der Waals surface area contributed by atoms with Crippen molar-refractivity contribution in [1.82, 2.24) is 4.90 Å². The van der Waals surface area contributed by atoms with E-state index < -0.39 is 0 Å². The van der Waals surface area contributed by atoms with Gasteiger partial charge >= 0.3 is 0 Å². The van der Waals surface area contributed by atoms with Crippen LogP contribution in [0.2, 0.25) is 0 Å². The largest absolute Gasteiger partial charge is 0.469 e. The monoisotopic (exact) mass is 183 g/mol. The highest BCUT2D eigenvalue weighted by Gasteiger charge is 2.15. The van der Waals surface area contributed by atoms with Gasteiger partial charge in [-0.05, 0) is 19.0 Å². The SMILES string of the molecule is FCCN1CCCc2occc2C1. The minimum absolute atomic E-state index is 0.257. The molecular weight excluding hydrogens is 169 g/mol. The highest BCUT2D eigenvalue weighted by atomic mass is 19.1. The van der Waals surface area contributed by atoms with Gasteiger partial charge in [-0.1, -0.05) is 0 Å². The Labute approximate surface area is 77.3 Å². The Kier molecular flexibility index (Phi) is 2.64. The van der Waals surface area contributed by atoms with Crippen LogP contribution in [-0.2, 0) is 13.0 Å². The van der Waals surface area contributed by atoms with Crippen LogP contribution in [0.3, 0.4) is 0 Å². The van der Waals surface area contributed by atoms with Gasteiger partial charge in [-0.3, -0.25) is 4.90 Å². The summed E-state index contributed by atoms with van der Waals surface area (Å²) >= 11 is 0. The first-order valence-electron chi connectivity index (χ1n) is 4.73. The summed E-state index contributed by atoms with van der Waals surface area (Å²) in [5.41, 5.74) is 1.23. The number of hydrogen-bond acceptors (Lipinski definition) is 2. The maximum atomic E-state index is 12.1. The van der Waals surface area contributed by atoms with Gasteiger partial charge in [0.05, 0.1) is 6.26 Å². The van der Waals surface area contributed by atoms with Crippen molar-refractivity contribution in [3.8, 4) is 0 Å². The Balaban J connectivity index is 2.07. The molecule has 2 heterocycles. The Morgan fingerprint density at radius 1 is 1.54 bits per heavy atom. The fourth-order valence-electron chi connectivity index (χ4n) is 1.82. The second-order valence-electron chi connectivity index (χ2n) is 3.44. The van der Waals surface area contributed by atoms with Crippen molar-refractivity contribution >= 4 is 0 Å². The van der Waals surface area contributed by atoms with Crippen LogP contribution < -0.4 is 0 Å². The van der Waals surface area contributed by atoms with Gasteiger partial charge in [0.25, 0.3) is 0 Å². The molecule has 0 spiro atoms. The van der Waals surface area contributed by atoms with Gasteiger partial charge in [-0.2, -0.15) is 0 Å². The molecule has 1 aliphatic rings. The van der Waals surface area contributed by atoms with E-state index in [0.29, 0.717) is 6.54 Å². The molecule has 0 fully saturated rings. The Morgan fingerprint density at radius 2 is 2.46 bits per heavy atom. The van der Waals surface area contributed by atoms with Crippen LogP contribution in [0.15, 0.2) is 16.7 Å². The molecule has 0 unspecified atom stereocenters. The summed E-state index contributed by atoms with van der Waals surface area (Å²) in [5, 5.41) is 0. The second-order valence-corrected chi connectivity index (χ2v) is 3.44. The molecule has 2 rings (SSSR count). The lowest BCUT2D eigenvalue weighted by molar-refractivity contribution is 0.243. The molecule has 0 aromatic carbocycles. The van der Waals surface area contributed by atoms with Crippen molar-refractivity contribution in [2.75, 3.05) is 19.8 Å². The van der Waals surface area contributed by atoms with Crippen molar-refractivity contribution in [3.63, 3.8) is 0 Å². The third kappa shape index (κ3) is 1.91.